The van der Waals surface area contributed by atoms with E-state index in [0.29, 0.717) is 29.2 Å². The summed E-state index contributed by atoms with van der Waals surface area (Å²) in [5, 5.41) is 6.76. The number of nitrogens with zero attached hydrogens (tertiary/aromatic N) is 3. The van der Waals surface area contributed by atoms with Crippen molar-refractivity contribution in [3.63, 3.8) is 0 Å². The van der Waals surface area contributed by atoms with Crippen LogP contribution in [0, 0.1) is 5.92 Å². The predicted octanol–water partition coefficient (Wildman–Crippen LogP) is 3.00. The molecule has 3 rings (SSSR count). The van der Waals surface area contributed by atoms with Gasteiger partial charge in [0.25, 0.3) is 0 Å². The Morgan fingerprint density at radius 1 is 1.19 bits per heavy atom. The molecule has 1 aromatic heterocycles. The molecule has 0 spiro atoms. The summed E-state index contributed by atoms with van der Waals surface area (Å²) < 4.78 is 0. The summed E-state index contributed by atoms with van der Waals surface area (Å²) in [4.78, 5) is 52.6. The molecule has 2 N–H and O–H groups in total. The van der Waals surface area contributed by atoms with Crippen LogP contribution < -0.4 is 15.6 Å². The van der Waals surface area contributed by atoms with Crippen molar-refractivity contribution in [2.75, 3.05) is 15.6 Å². The minimum atomic E-state index is -0.307. The standard InChI is InChI=1S/C22H23N5O4/c1-14-12-21(30)27(22(14)31)18-8-6-17(7-9-18)25-20(29)4-3-11-24-26-19-10-5-16(13-23-19)15(2)28/h5-11,13-14H,3-4,12H2,1-2H3,(H,23,26)(H,25,29)/b24-11+. The summed E-state index contributed by atoms with van der Waals surface area (Å²) in [5.41, 5.74) is 4.33. The van der Waals surface area contributed by atoms with Gasteiger partial charge in [-0.05, 0) is 49.7 Å². The number of hydrazone groups is 1. The summed E-state index contributed by atoms with van der Waals surface area (Å²) in [7, 11) is 0. The third kappa shape index (κ3) is 5.59. The number of carbonyl (C=O) groups is 4. The number of Topliss-reactive ketones (excluding diaryl/α,β-unsaturated/α-hetero) is 1. The molecule has 1 aliphatic heterocycles. The topological polar surface area (TPSA) is 121 Å². The third-order valence-corrected chi connectivity index (χ3v) is 4.72. The number of hydrogen-bond acceptors (Lipinski definition) is 7. The van der Waals surface area contributed by atoms with E-state index in [1.807, 2.05) is 0 Å². The molecule has 2 aromatic rings. The summed E-state index contributed by atoms with van der Waals surface area (Å²) in [5.74, 6) is -0.485. The second-order valence-electron chi connectivity index (χ2n) is 7.22. The molecule has 0 radical (unpaired) electrons. The molecule has 31 heavy (non-hydrogen) atoms. The Hall–Kier alpha value is -3.88. The Morgan fingerprint density at radius 2 is 1.94 bits per heavy atom. The van der Waals surface area contributed by atoms with E-state index in [4.69, 9.17) is 0 Å². The molecule has 1 atom stereocenters. The van der Waals surface area contributed by atoms with Crippen LogP contribution in [0.3, 0.4) is 0 Å². The number of imide groups is 1. The minimum Gasteiger partial charge on any atom is -0.326 e. The number of carbonyl (C=O) groups excluding carboxylic acids is 4. The summed E-state index contributed by atoms with van der Waals surface area (Å²) in [6.45, 7) is 3.20. The molecular formula is C22H23N5O4. The van der Waals surface area contributed by atoms with Crippen LogP contribution in [0.1, 0.15) is 43.5 Å². The Kier molecular flexibility index (Phi) is 6.86. The zero-order valence-corrected chi connectivity index (χ0v) is 17.3. The average molecular weight is 421 g/mol. The van der Waals surface area contributed by atoms with Gasteiger partial charge in [0.2, 0.25) is 17.7 Å². The number of aromatic nitrogens is 1. The van der Waals surface area contributed by atoms with Crippen LogP contribution in [0.25, 0.3) is 0 Å². The normalized spacial score (nSPS) is 16.1. The molecule has 1 unspecified atom stereocenters. The fourth-order valence-electron chi connectivity index (χ4n) is 3.01. The van der Waals surface area contributed by atoms with Crippen molar-refractivity contribution < 1.29 is 19.2 Å². The molecule has 0 aliphatic carbocycles. The minimum absolute atomic E-state index is 0.0594. The van der Waals surface area contributed by atoms with Gasteiger partial charge in [0.1, 0.15) is 5.82 Å². The number of ketones is 1. The largest absolute Gasteiger partial charge is 0.326 e. The highest BCUT2D eigenvalue weighted by Crippen LogP contribution is 2.27. The molecule has 9 nitrogen and oxygen atoms in total. The molecule has 9 heteroatoms. The SMILES string of the molecule is CC(=O)c1ccc(N/N=C/CCC(=O)Nc2ccc(N3C(=O)CC(C)C3=O)cc2)nc1. The first-order valence-corrected chi connectivity index (χ1v) is 9.86. The highest BCUT2D eigenvalue weighted by Gasteiger charge is 2.36. The molecular weight excluding hydrogens is 398 g/mol. The third-order valence-electron chi connectivity index (χ3n) is 4.72. The van der Waals surface area contributed by atoms with Gasteiger partial charge in [0, 0.05) is 42.4 Å². The van der Waals surface area contributed by atoms with Crippen LogP contribution >= 0.6 is 0 Å². The van der Waals surface area contributed by atoms with Crippen molar-refractivity contribution in [1.82, 2.24) is 4.98 Å². The van der Waals surface area contributed by atoms with E-state index in [1.54, 1.807) is 49.5 Å². The summed E-state index contributed by atoms with van der Waals surface area (Å²) in [6.07, 6.45) is 3.89. The average Bonchev–Trinajstić information content (AvgIpc) is 3.00. The lowest BCUT2D eigenvalue weighted by atomic mass is 10.1. The highest BCUT2D eigenvalue weighted by molar-refractivity contribution is 6.20. The molecule has 1 aromatic carbocycles. The first kappa shape index (κ1) is 21.8. The van der Waals surface area contributed by atoms with Gasteiger partial charge in [0.15, 0.2) is 5.78 Å². The number of hydrogen-bond donors (Lipinski definition) is 2. The molecule has 3 amide bonds. The fraction of sp³-hybridized carbons (Fsp3) is 0.273. The number of anilines is 3. The van der Waals surface area contributed by atoms with Gasteiger partial charge < -0.3 is 5.32 Å². The maximum absolute atomic E-state index is 12.1. The van der Waals surface area contributed by atoms with Gasteiger partial charge in [-0.3, -0.25) is 29.5 Å². The van der Waals surface area contributed by atoms with Gasteiger partial charge in [0.05, 0.1) is 5.69 Å². The number of pyridine rings is 1. The Morgan fingerprint density at radius 3 is 2.52 bits per heavy atom. The van der Waals surface area contributed by atoms with Gasteiger partial charge in [-0.15, -0.1) is 0 Å². The summed E-state index contributed by atoms with van der Waals surface area (Å²) >= 11 is 0. The first-order valence-electron chi connectivity index (χ1n) is 9.86. The lowest BCUT2D eigenvalue weighted by molar-refractivity contribution is -0.122. The predicted molar refractivity (Wildman–Crippen MR) is 117 cm³/mol. The zero-order valence-electron chi connectivity index (χ0n) is 17.3. The molecule has 2 heterocycles. The van der Waals surface area contributed by atoms with Crippen LogP contribution in [0.15, 0.2) is 47.7 Å². The van der Waals surface area contributed by atoms with Gasteiger partial charge in [-0.1, -0.05) is 6.92 Å². The zero-order chi connectivity index (χ0) is 22.4. The van der Waals surface area contributed by atoms with Crippen molar-refractivity contribution in [1.29, 1.82) is 0 Å². The first-order chi connectivity index (χ1) is 14.8. The van der Waals surface area contributed by atoms with E-state index in [0.717, 1.165) is 0 Å². The Labute approximate surface area is 179 Å². The lowest BCUT2D eigenvalue weighted by Crippen LogP contribution is -2.29. The van der Waals surface area contributed by atoms with Crippen molar-refractivity contribution in [2.24, 2.45) is 11.0 Å². The molecule has 0 bridgehead atoms. The van der Waals surface area contributed by atoms with E-state index < -0.39 is 0 Å². The van der Waals surface area contributed by atoms with Crippen molar-refractivity contribution >= 4 is 46.9 Å². The lowest BCUT2D eigenvalue weighted by Gasteiger charge is -2.15. The number of rotatable bonds is 8. The maximum atomic E-state index is 12.1. The van der Waals surface area contributed by atoms with Crippen molar-refractivity contribution in [2.45, 2.75) is 33.1 Å². The molecule has 1 aliphatic rings. The van der Waals surface area contributed by atoms with Crippen LogP contribution in [-0.4, -0.2) is 34.7 Å². The van der Waals surface area contributed by atoms with E-state index in [2.05, 4.69) is 20.8 Å². The summed E-state index contributed by atoms with van der Waals surface area (Å²) in [6, 6.07) is 9.89. The Bertz CT molecular complexity index is 1020. The molecule has 0 saturated carbocycles. The molecule has 1 saturated heterocycles. The fourth-order valence-corrected chi connectivity index (χ4v) is 3.01. The molecule has 160 valence electrons. The second kappa shape index (κ2) is 9.75. The highest BCUT2D eigenvalue weighted by atomic mass is 16.2. The van der Waals surface area contributed by atoms with Gasteiger partial charge >= 0.3 is 0 Å². The van der Waals surface area contributed by atoms with E-state index >= 15 is 0 Å². The van der Waals surface area contributed by atoms with Crippen LogP contribution in [0.2, 0.25) is 0 Å². The van der Waals surface area contributed by atoms with Crippen LogP contribution in [-0.2, 0) is 14.4 Å². The number of benzene rings is 1. The maximum Gasteiger partial charge on any atom is 0.237 e. The van der Waals surface area contributed by atoms with E-state index in [1.165, 1.54) is 18.0 Å². The van der Waals surface area contributed by atoms with Gasteiger partial charge in [-0.25, -0.2) is 4.98 Å². The molecule has 1 fully saturated rings. The van der Waals surface area contributed by atoms with Crippen molar-refractivity contribution in [3.05, 3.63) is 48.2 Å². The quantitative estimate of drug-likeness (QED) is 0.293. The van der Waals surface area contributed by atoms with E-state index in [-0.39, 0.29) is 42.3 Å². The van der Waals surface area contributed by atoms with Gasteiger partial charge in [-0.2, -0.15) is 5.10 Å². The van der Waals surface area contributed by atoms with Crippen LogP contribution in [0.5, 0.6) is 0 Å². The Balaban J connectivity index is 1.43. The number of nitrogens with one attached hydrogen (secondary N) is 2. The second-order valence-corrected chi connectivity index (χ2v) is 7.22. The monoisotopic (exact) mass is 421 g/mol. The van der Waals surface area contributed by atoms with Crippen molar-refractivity contribution in [3.8, 4) is 0 Å². The smallest absolute Gasteiger partial charge is 0.237 e. The van der Waals surface area contributed by atoms with Crippen LogP contribution in [0.4, 0.5) is 17.2 Å². The number of amides is 3. The van der Waals surface area contributed by atoms with E-state index in [9.17, 15) is 19.2 Å².